The standard InChI is InChI=1S/C15H24N2O/c1-12-9-10-13(2)17(12)11-15(18)16-14-7-5-3-4-6-8-14/h9-10,14H,3-8,11H2,1-2H3,(H,16,18). The van der Waals surface area contributed by atoms with Crippen LogP contribution in [0.1, 0.15) is 49.9 Å². The molecule has 100 valence electrons. The number of amides is 1. The molecule has 1 amide bonds. The van der Waals surface area contributed by atoms with E-state index in [4.69, 9.17) is 0 Å². The largest absolute Gasteiger partial charge is 0.352 e. The maximum Gasteiger partial charge on any atom is 0.240 e. The van der Waals surface area contributed by atoms with Crippen LogP contribution in [0.5, 0.6) is 0 Å². The lowest BCUT2D eigenvalue weighted by Crippen LogP contribution is -2.37. The van der Waals surface area contributed by atoms with E-state index in [9.17, 15) is 4.79 Å². The lowest BCUT2D eigenvalue weighted by Gasteiger charge is -2.17. The fourth-order valence-corrected chi connectivity index (χ4v) is 2.79. The van der Waals surface area contributed by atoms with Crippen LogP contribution in [0.15, 0.2) is 12.1 Å². The highest BCUT2D eigenvalue weighted by atomic mass is 16.2. The lowest BCUT2D eigenvalue weighted by molar-refractivity contribution is -0.122. The third kappa shape index (κ3) is 3.37. The Balaban J connectivity index is 1.88. The number of aryl methyl sites for hydroxylation is 2. The second kappa shape index (κ2) is 6.07. The molecule has 0 atom stereocenters. The minimum Gasteiger partial charge on any atom is -0.352 e. The van der Waals surface area contributed by atoms with E-state index in [1.165, 1.54) is 25.7 Å². The maximum absolute atomic E-state index is 12.1. The Morgan fingerprint density at radius 2 is 1.72 bits per heavy atom. The van der Waals surface area contributed by atoms with Crippen molar-refractivity contribution in [3.05, 3.63) is 23.5 Å². The Labute approximate surface area is 110 Å². The molecule has 1 aromatic heterocycles. The molecule has 3 heteroatoms. The van der Waals surface area contributed by atoms with Crippen molar-refractivity contribution in [2.24, 2.45) is 0 Å². The average molecular weight is 248 g/mol. The number of aromatic nitrogens is 1. The number of carbonyl (C=O) groups is 1. The number of carbonyl (C=O) groups excluding carboxylic acids is 1. The van der Waals surface area contributed by atoms with Gasteiger partial charge in [0.15, 0.2) is 0 Å². The molecule has 1 aliphatic rings. The SMILES string of the molecule is Cc1ccc(C)n1CC(=O)NC1CCCCCC1. The second-order valence-electron chi connectivity index (χ2n) is 5.46. The van der Waals surface area contributed by atoms with Crippen LogP contribution in [0, 0.1) is 13.8 Å². The predicted octanol–water partition coefficient (Wildman–Crippen LogP) is 2.94. The zero-order chi connectivity index (χ0) is 13.0. The van der Waals surface area contributed by atoms with E-state index in [2.05, 4.69) is 22.0 Å². The van der Waals surface area contributed by atoms with Crippen molar-refractivity contribution < 1.29 is 4.79 Å². The van der Waals surface area contributed by atoms with E-state index >= 15 is 0 Å². The minimum atomic E-state index is 0.157. The van der Waals surface area contributed by atoms with Crippen LogP contribution in [0.2, 0.25) is 0 Å². The average Bonchev–Trinajstić information content (AvgIpc) is 2.59. The normalized spacial score (nSPS) is 17.4. The molecule has 2 rings (SSSR count). The third-order valence-corrected chi connectivity index (χ3v) is 3.94. The first kappa shape index (κ1) is 13.2. The molecule has 0 aliphatic heterocycles. The summed E-state index contributed by atoms with van der Waals surface area (Å²) in [5.74, 6) is 0.157. The summed E-state index contributed by atoms with van der Waals surface area (Å²) in [5.41, 5.74) is 2.31. The van der Waals surface area contributed by atoms with Crippen molar-refractivity contribution in [1.82, 2.24) is 9.88 Å². The van der Waals surface area contributed by atoms with E-state index < -0.39 is 0 Å². The molecule has 0 saturated heterocycles. The van der Waals surface area contributed by atoms with Gasteiger partial charge in [0.25, 0.3) is 0 Å². The van der Waals surface area contributed by atoms with Crippen LogP contribution in [0.4, 0.5) is 0 Å². The number of nitrogens with one attached hydrogen (secondary N) is 1. The molecule has 0 spiro atoms. The van der Waals surface area contributed by atoms with Gasteiger partial charge in [0, 0.05) is 17.4 Å². The molecule has 1 N–H and O–H groups in total. The maximum atomic E-state index is 12.1. The molecule has 1 fully saturated rings. The van der Waals surface area contributed by atoms with Crippen molar-refractivity contribution in [2.45, 2.75) is 65.0 Å². The Kier molecular flexibility index (Phi) is 4.45. The highest BCUT2D eigenvalue weighted by Crippen LogP contribution is 2.17. The van der Waals surface area contributed by atoms with Crippen LogP contribution in [-0.2, 0) is 11.3 Å². The zero-order valence-electron chi connectivity index (χ0n) is 11.5. The van der Waals surface area contributed by atoms with Crippen molar-refractivity contribution >= 4 is 5.91 Å². The number of nitrogens with zero attached hydrogens (tertiary/aromatic N) is 1. The summed E-state index contributed by atoms with van der Waals surface area (Å²) in [6.07, 6.45) is 7.45. The van der Waals surface area contributed by atoms with E-state index in [0.717, 1.165) is 24.2 Å². The van der Waals surface area contributed by atoms with Crippen molar-refractivity contribution in [3.63, 3.8) is 0 Å². The van der Waals surface area contributed by atoms with Gasteiger partial charge in [-0.3, -0.25) is 4.79 Å². The van der Waals surface area contributed by atoms with Gasteiger partial charge in [-0.25, -0.2) is 0 Å². The van der Waals surface area contributed by atoms with Gasteiger partial charge in [0.1, 0.15) is 6.54 Å². The number of hydrogen-bond acceptors (Lipinski definition) is 1. The Bertz CT molecular complexity index is 381. The first-order valence-electron chi connectivity index (χ1n) is 7.09. The predicted molar refractivity (Wildman–Crippen MR) is 73.5 cm³/mol. The minimum absolute atomic E-state index is 0.157. The first-order chi connectivity index (χ1) is 8.66. The van der Waals surface area contributed by atoms with Crippen molar-refractivity contribution in [2.75, 3.05) is 0 Å². The summed E-state index contributed by atoms with van der Waals surface area (Å²) in [7, 11) is 0. The highest BCUT2D eigenvalue weighted by molar-refractivity contribution is 5.76. The fourth-order valence-electron chi connectivity index (χ4n) is 2.79. The van der Waals surface area contributed by atoms with E-state index in [-0.39, 0.29) is 5.91 Å². The van der Waals surface area contributed by atoms with Crippen LogP contribution in [0.3, 0.4) is 0 Å². The topological polar surface area (TPSA) is 34.0 Å². The molecule has 3 nitrogen and oxygen atoms in total. The summed E-state index contributed by atoms with van der Waals surface area (Å²) in [5, 5.41) is 3.19. The summed E-state index contributed by atoms with van der Waals surface area (Å²) in [6, 6.07) is 4.53. The van der Waals surface area contributed by atoms with Crippen LogP contribution >= 0.6 is 0 Å². The van der Waals surface area contributed by atoms with Gasteiger partial charge in [0.2, 0.25) is 5.91 Å². The molecular formula is C15H24N2O. The molecule has 0 aromatic carbocycles. The first-order valence-corrected chi connectivity index (χ1v) is 7.09. The molecule has 1 aromatic rings. The highest BCUT2D eigenvalue weighted by Gasteiger charge is 2.15. The number of rotatable bonds is 3. The van der Waals surface area contributed by atoms with Crippen LogP contribution in [0.25, 0.3) is 0 Å². The van der Waals surface area contributed by atoms with Crippen LogP contribution in [-0.4, -0.2) is 16.5 Å². The smallest absolute Gasteiger partial charge is 0.240 e. The van der Waals surface area contributed by atoms with Crippen LogP contribution < -0.4 is 5.32 Å². The zero-order valence-corrected chi connectivity index (χ0v) is 11.5. The summed E-state index contributed by atoms with van der Waals surface area (Å²) in [6.45, 7) is 4.55. The van der Waals surface area contributed by atoms with E-state index in [1.54, 1.807) is 0 Å². The molecular weight excluding hydrogens is 224 g/mol. The summed E-state index contributed by atoms with van der Waals surface area (Å²) in [4.78, 5) is 12.1. The van der Waals surface area contributed by atoms with Gasteiger partial charge in [-0.1, -0.05) is 25.7 Å². The van der Waals surface area contributed by atoms with E-state index in [1.807, 2.05) is 13.8 Å². The Morgan fingerprint density at radius 1 is 1.17 bits per heavy atom. The third-order valence-electron chi connectivity index (χ3n) is 3.94. The Hall–Kier alpha value is -1.25. The Morgan fingerprint density at radius 3 is 2.28 bits per heavy atom. The molecule has 0 unspecified atom stereocenters. The molecule has 1 heterocycles. The van der Waals surface area contributed by atoms with Gasteiger partial charge >= 0.3 is 0 Å². The summed E-state index contributed by atoms with van der Waals surface area (Å²) < 4.78 is 2.08. The van der Waals surface area contributed by atoms with Gasteiger partial charge in [-0.15, -0.1) is 0 Å². The molecule has 1 saturated carbocycles. The van der Waals surface area contributed by atoms with Gasteiger partial charge in [0.05, 0.1) is 0 Å². The van der Waals surface area contributed by atoms with Gasteiger partial charge in [-0.05, 0) is 38.8 Å². The van der Waals surface area contributed by atoms with Gasteiger partial charge < -0.3 is 9.88 Å². The molecule has 18 heavy (non-hydrogen) atoms. The monoisotopic (exact) mass is 248 g/mol. The second-order valence-corrected chi connectivity index (χ2v) is 5.46. The fraction of sp³-hybridized carbons (Fsp3) is 0.667. The van der Waals surface area contributed by atoms with Crippen molar-refractivity contribution in [1.29, 1.82) is 0 Å². The molecule has 0 radical (unpaired) electrons. The van der Waals surface area contributed by atoms with Gasteiger partial charge in [-0.2, -0.15) is 0 Å². The van der Waals surface area contributed by atoms with Crippen molar-refractivity contribution in [3.8, 4) is 0 Å². The molecule has 0 bridgehead atoms. The quantitative estimate of drug-likeness (QED) is 0.820. The molecule has 1 aliphatic carbocycles. The number of hydrogen-bond donors (Lipinski definition) is 1. The lowest BCUT2D eigenvalue weighted by atomic mass is 10.1. The van der Waals surface area contributed by atoms with E-state index in [0.29, 0.717) is 12.6 Å². The summed E-state index contributed by atoms with van der Waals surface area (Å²) >= 11 is 0.